The van der Waals surface area contributed by atoms with Gasteiger partial charge in [0, 0.05) is 19.2 Å². The maximum atomic E-state index is 12.3. The molecule has 0 spiro atoms. The number of ether oxygens (including phenoxy) is 1. The van der Waals surface area contributed by atoms with Crippen LogP contribution in [0, 0.1) is 0 Å². The number of benzene rings is 1. The average molecular weight is 352 g/mol. The summed E-state index contributed by atoms with van der Waals surface area (Å²) in [5.74, 6) is -0.281. The number of carbonyl (C=O) groups excluding carboxylic acids is 1. The first-order valence-electron chi connectivity index (χ1n) is 7.87. The summed E-state index contributed by atoms with van der Waals surface area (Å²) >= 11 is 0. The monoisotopic (exact) mass is 352 g/mol. The number of sulfone groups is 1. The van der Waals surface area contributed by atoms with Crippen molar-refractivity contribution in [3.8, 4) is 0 Å². The number of rotatable bonds is 3. The highest BCUT2D eigenvalue weighted by Crippen LogP contribution is 2.31. The van der Waals surface area contributed by atoms with E-state index in [9.17, 15) is 18.0 Å². The van der Waals surface area contributed by atoms with E-state index >= 15 is 0 Å². The van der Waals surface area contributed by atoms with E-state index in [1.165, 1.54) is 19.1 Å². The van der Waals surface area contributed by atoms with E-state index < -0.39 is 9.84 Å². The molecule has 1 aromatic heterocycles. The molecule has 24 heavy (non-hydrogen) atoms. The average Bonchev–Trinajstić information content (AvgIpc) is 2.81. The zero-order chi connectivity index (χ0) is 17.5. The van der Waals surface area contributed by atoms with E-state index in [-0.39, 0.29) is 28.7 Å². The number of nitrogens with zero attached hydrogens (tertiary/aromatic N) is 1. The summed E-state index contributed by atoms with van der Waals surface area (Å²) in [4.78, 5) is 26.3. The van der Waals surface area contributed by atoms with Crippen molar-refractivity contribution in [3.63, 3.8) is 0 Å². The van der Waals surface area contributed by atoms with Crippen molar-refractivity contribution in [2.24, 2.45) is 0 Å². The van der Waals surface area contributed by atoms with Crippen LogP contribution in [-0.2, 0) is 19.4 Å². The fraction of sp³-hybridized carbons (Fsp3) is 0.500. The number of hydrogen-bond acceptors (Lipinski definition) is 5. The molecule has 2 aromatic rings. The molecule has 0 unspecified atom stereocenters. The molecule has 0 atom stereocenters. The van der Waals surface area contributed by atoms with Gasteiger partial charge in [0.2, 0.25) is 0 Å². The Labute approximate surface area is 139 Å². The zero-order valence-corrected chi connectivity index (χ0v) is 14.4. The molecule has 1 heterocycles. The van der Waals surface area contributed by atoms with Crippen LogP contribution >= 0.6 is 0 Å². The number of imidazole rings is 1. The first kappa shape index (κ1) is 16.8. The van der Waals surface area contributed by atoms with Gasteiger partial charge in [0.15, 0.2) is 9.84 Å². The van der Waals surface area contributed by atoms with Crippen LogP contribution in [0.2, 0.25) is 0 Å². The Morgan fingerprint density at radius 3 is 2.50 bits per heavy atom. The van der Waals surface area contributed by atoms with Crippen LogP contribution in [0.5, 0.6) is 0 Å². The van der Waals surface area contributed by atoms with Gasteiger partial charge in [0.25, 0.3) is 0 Å². The summed E-state index contributed by atoms with van der Waals surface area (Å²) in [7, 11) is -3.32. The minimum Gasteiger partial charge on any atom is -0.463 e. The molecular weight excluding hydrogens is 332 g/mol. The third-order valence-electron chi connectivity index (χ3n) is 4.46. The first-order valence-corrected chi connectivity index (χ1v) is 9.76. The van der Waals surface area contributed by atoms with Crippen molar-refractivity contribution in [2.45, 2.75) is 49.6 Å². The molecule has 3 rings (SSSR count). The summed E-state index contributed by atoms with van der Waals surface area (Å²) < 4.78 is 30.2. The maximum Gasteiger partial charge on any atom is 0.326 e. The summed E-state index contributed by atoms with van der Waals surface area (Å²) in [6.07, 6.45) is 3.95. The maximum absolute atomic E-state index is 12.3. The van der Waals surface area contributed by atoms with Crippen molar-refractivity contribution in [3.05, 3.63) is 28.7 Å². The lowest BCUT2D eigenvalue weighted by Gasteiger charge is -2.28. The summed E-state index contributed by atoms with van der Waals surface area (Å²) in [5, 5.41) is 0. The Balaban J connectivity index is 1.90. The van der Waals surface area contributed by atoms with Crippen LogP contribution in [-0.4, -0.2) is 36.3 Å². The van der Waals surface area contributed by atoms with Gasteiger partial charge in [-0.05, 0) is 43.9 Å². The predicted molar refractivity (Wildman–Crippen MR) is 88.7 cm³/mol. The zero-order valence-electron chi connectivity index (χ0n) is 13.6. The number of carbonyl (C=O) groups is 1. The SMILES string of the molecule is CC(=O)OC1CCC(n2c(=O)[nH]c3cc(S(C)(=O)=O)ccc32)CC1. The number of aromatic amines is 1. The molecule has 0 saturated heterocycles. The van der Waals surface area contributed by atoms with Crippen molar-refractivity contribution >= 4 is 26.8 Å². The van der Waals surface area contributed by atoms with Crippen LogP contribution < -0.4 is 5.69 Å². The van der Waals surface area contributed by atoms with Crippen LogP contribution in [0.15, 0.2) is 27.9 Å². The van der Waals surface area contributed by atoms with Crippen LogP contribution in [0.4, 0.5) is 0 Å². The highest BCUT2D eigenvalue weighted by Gasteiger charge is 2.26. The third kappa shape index (κ3) is 3.24. The summed E-state index contributed by atoms with van der Waals surface area (Å²) in [6.45, 7) is 1.40. The molecule has 0 radical (unpaired) electrons. The number of esters is 1. The number of aromatic nitrogens is 2. The van der Waals surface area contributed by atoms with Gasteiger partial charge in [-0.15, -0.1) is 0 Å². The van der Waals surface area contributed by atoms with E-state index in [0.29, 0.717) is 23.9 Å². The lowest BCUT2D eigenvalue weighted by Crippen LogP contribution is -2.29. The molecular formula is C16H20N2O5S. The molecule has 1 aliphatic rings. The molecule has 0 bridgehead atoms. The Hall–Kier alpha value is -2.09. The van der Waals surface area contributed by atoms with Gasteiger partial charge in [-0.1, -0.05) is 0 Å². The molecule has 130 valence electrons. The quantitative estimate of drug-likeness (QED) is 0.849. The number of H-pyrrole nitrogens is 1. The van der Waals surface area contributed by atoms with Crippen LogP contribution in [0.25, 0.3) is 11.0 Å². The van der Waals surface area contributed by atoms with Crippen molar-refractivity contribution in [1.29, 1.82) is 0 Å². The lowest BCUT2D eigenvalue weighted by atomic mass is 9.92. The summed E-state index contributed by atoms with van der Waals surface area (Å²) in [6, 6.07) is 4.70. The fourth-order valence-corrected chi connectivity index (χ4v) is 4.01. The molecule has 1 aromatic carbocycles. The standard InChI is InChI=1S/C16H20N2O5S/c1-10(19)23-12-5-3-11(4-6-12)18-15-8-7-13(24(2,21)22)9-14(15)17-16(18)20/h7-9,11-12H,3-6H2,1-2H3,(H,17,20). The highest BCUT2D eigenvalue weighted by molar-refractivity contribution is 7.90. The van der Waals surface area contributed by atoms with Crippen molar-refractivity contribution in [1.82, 2.24) is 9.55 Å². The number of nitrogens with one attached hydrogen (secondary N) is 1. The van der Waals surface area contributed by atoms with E-state index in [0.717, 1.165) is 19.1 Å². The number of hydrogen-bond donors (Lipinski definition) is 1. The Bertz CT molecular complexity index is 933. The van der Waals surface area contributed by atoms with Crippen molar-refractivity contribution < 1.29 is 17.9 Å². The molecule has 0 amide bonds. The van der Waals surface area contributed by atoms with Gasteiger partial charge in [0.1, 0.15) is 6.10 Å². The predicted octanol–water partition coefficient (Wildman–Crippen LogP) is 1.78. The minimum absolute atomic E-state index is 0.0159. The second-order valence-electron chi connectivity index (χ2n) is 6.29. The molecule has 8 heteroatoms. The minimum atomic E-state index is -3.32. The molecule has 0 aliphatic heterocycles. The Morgan fingerprint density at radius 2 is 1.92 bits per heavy atom. The van der Waals surface area contributed by atoms with Gasteiger partial charge >= 0.3 is 11.7 Å². The second kappa shape index (κ2) is 6.08. The highest BCUT2D eigenvalue weighted by atomic mass is 32.2. The van der Waals surface area contributed by atoms with Gasteiger partial charge < -0.3 is 9.72 Å². The molecule has 1 fully saturated rings. The summed E-state index contributed by atoms with van der Waals surface area (Å²) in [5.41, 5.74) is 0.972. The molecule has 1 N–H and O–H groups in total. The van der Waals surface area contributed by atoms with E-state index in [2.05, 4.69) is 4.98 Å². The molecule has 1 saturated carbocycles. The van der Waals surface area contributed by atoms with Crippen molar-refractivity contribution in [2.75, 3.05) is 6.26 Å². The number of fused-ring (bicyclic) bond motifs is 1. The van der Waals surface area contributed by atoms with Crippen LogP contribution in [0.3, 0.4) is 0 Å². The van der Waals surface area contributed by atoms with Crippen LogP contribution in [0.1, 0.15) is 38.6 Å². The topological polar surface area (TPSA) is 98.2 Å². The third-order valence-corrected chi connectivity index (χ3v) is 5.57. The smallest absolute Gasteiger partial charge is 0.326 e. The fourth-order valence-electron chi connectivity index (χ4n) is 3.36. The van der Waals surface area contributed by atoms with Gasteiger partial charge in [-0.25, -0.2) is 13.2 Å². The van der Waals surface area contributed by atoms with Gasteiger partial charge in [-0.3, -0.25) is 9.36 Å². The van der Waals surface area contributed by atoms with Gasteiger partial charge in [0.05, 0.1) is 15.9 Å². The Kier molecular flexibility index (Phi) is 4.25. The Morgan fingerprint density at radius 1 is 1.25 bits per heavy atom. The lowest BCUT2D eigenvalue weighted by molar-refractivity contribution is -0.148. The largest absolute Gasteiger partial charge is 0.463 e. The second-order valence-corrected chi connectivity index (χ2v) is 8.31. The first-order chi connectivity index (χ1) is 11.3. The van der Waals surface area contributed by atoms with E-state index in [1.54, 1.807) is 10.6 Å². The molecule has 7 nitrogen and oxygen atoms in total. The van der Waals surface area contributed by atoms with E-state index in [1.807, 2.05) is 0 Å². The van der Waals surface area contributed by atoms with Gasteiger partial charge in [-0.2, -0.15) is 0 Å². The van der Waals surface area contributed by atoms with E-state index in [4.69, 9.17) is 4.74 Å². The molecule has 1 aliphatic carbocycles. The normalized spacial score (nSPS) is 21.8.